The van der Waals surface area contributed by atoms with Crippen molar-refractivity contribution in [3.8, 4) is 16.9 Å². The fourth-order valence-electron chi connectivity index (χ4n) is 4.09. The molecule has 5 rings (SSSR count). The zero-order valence-electron chi connectivity index (χ0n) is 15.7. The Morgan fingerprint density at radius 3 is 1.62 bits per heavy atom. The predicted molar refractivity (Wildman–Crippen MR) is 118 cm³/mol. The number of aromatic hydroxyl groups is 1. The number of carbonyl (C=O) groups is 1. The molecular weight excluding hydrogens is 356 g/mol. The number of hydrogen-bond acceptors (Lipinski definition) is 2. The van der Waals surface area contributed by atoms with Crippen molar-refractivity contribution in [3.05, 3.63) is 114 Å². The standard InChI is InChI=1S/C27H18O2/c28-24-17-9-8-16-23(24)27(29)26-21-14-6-4-12-19(21)25(18-10-2-1-3-11-18)20-13-5-7-15-22(20)26/h1-17,28H. The van der Waals surface area contributed by atoms with Crippen molar-refractivity contribution in [1.29, 1.82) is 0 Å². The zero-order chi connectivity index (χ0) is 19.8. The summed E-state index contributed by atoms with van der Waals surface area (Å²) in [4.78, 5) is 13.6. The van der Waals surface area contributed by atoms with Gasteiger partial charge in [-0.05, 0) is 44.8 Å². The van der Waals surface area contributed by atoms with Crippen LogP contribution in [0.25, 0.3) is 32.7 Å². The molecular formula is C27H18O2. The first-order valence-electron chi connectivity index (χ1n) is 9.57. The van der Waals surface area contributed by atoms with Gasteiger partial charge in [0.2, 0.25) is 0 Å². The van der Waals surface area contributed by atoms with E-state index in [9.17, 15) is 9.90 Å². The largest absolute Gasteiger partial charge is 0.507 e. The molecule has 0 fully saturated rings. The summed E-state index contributed by atoms with van der Waals surface area (Å²) in [5, 5.41) is 14.1. The number of para-hydroxylation sites is 1. The molecule has 0 heterocycles. The van der Waals surface area contributed by atoms with Crippen LogP contribution < -0.4 is 0 Å². The zero-order valence-corrected chi connectivity index (χ0v) is 15.7. The van der Waals surface area contributed by atoms with Gasteiger partial charge < -0.3 is 5.11 Å². The molecule has 29 heavy (non-hydrogen) atoms. The number of phenolic OH excluding ortho intramolecular Hbond substituents is 1. The van der Waals surface area contributed by atoms with E-state index in [1.807, 2.05) is 54.6 Å². The molecule has 0 aliphatic carbocycles. The van der Waals surface area contributed by atoms with Crippen LogP contribution in [0.3, 0.4) is 0 Å². The predicted octanol–water partition coefficient (Wildman–Crippen LogP) is 6.60. The molecule has 5 aromatic rings. The fourth-order valence-corrected chi connectivity index (χ4v) is 4.09. The first-order valence-corrected chi connectivity index (χ1v) is 9.57. The van der Waals surface area contributed by atoms with Gasteiger partial charge >= 0.3 is 0 Å². The maximum Gasteiger partial charge on any atom is 0.197 e. The number of benzene rings is 5. The molecule has 0 saturated heterocycles. The van der Waals surface area contributed by atoms with E-state index in [-0.39, 0.29) is 11.5 Å². The minimum absolute atomic E-state index is 0.00204. The van der Waals surface area contributed by atoms with Crippen LogP contribution in [0.5, 0.6) is 5.75 Å². The van der Waals surface area contributed by atoms with Gasteiger partial charge in [-0.15, -0.1) is 0 Å². The number of rotatable bonds is 3. The normalized spacial score (nSPS) is 11.0. The van der Waals surface area contributed by atoms with E-state index in [0.717, 1.165) is 32.7 Å². The van der Waals surface area contributed by atoms with E-state index >= 15 is 0 Å². The highest BCUT2D eigenvalue weighted by atomic mass is 16.3. The van der Waals surface area contributed by atoms with Gasteiger partial charge in [0, 0.05) is 5.56 Å². The Labute approximate surface area is 168 Å². The molecule has 5 aromatic carbocycles. The summed E-state index contributed by atoms with van der Waals surface area (Å²) >= 11 is 0. The summed E-state index contributed by atoms with van der Waals surface area (Å²) in [5.41, 5.74) is 3.17. The Kier molecular flexibility index (Phi) is 4.10. The average molecular weight is 374 g/mol. The Balaban J connectivity index is 1.94. The number of hydrogen-bond donors (Lipinski definition) is 1. The highest BCUT2D eigenvalue weighted by molar-refractivity contribution is 6.28. The van der Waals surface area contributed by atoms with Gasteiger partial charge in [0.1, 0.15) is 5.75 Å². The molecule has 0 spiro atoms. The number of phenols is 1. The van der Waals surface area contributed by atoms with Gasteiger partial charge in [0.15, 0.2) is 5.78 Å². The minimum atomic E-state index is -0.171. The lowest BCUT2D eigenvalue weighted by Gasteiger charge is -2.17. The summed E-state index contributed by atoms with van der Waals surface area (Å²) in [6.07, 6.45) is 0. The van der Waals surface area contributed by atoms with Crippen LogP contribution in [-0.4, -0.2) is 10.9 Å². The molecule has 0 unspecified atom stereocenters. The van der Waals surface area contributed by atoms with Crippen LogP contribution >= 0.6 is 0 Å². The quantitative estimate of drug-likeness (QED) is 0.285. The highest BCUT2D eigenvalue weighted by Crippen LogP contribution is 2.40. The number of ketones is 1. The highest BCUT2D eigenvalue weighted by Gasteiger charge is 2.21. The van der Waals surface area contributed by atoms with Gasteiger partial charge in [0.25, 0.3) is 0 Å². The van der Waals surface area contributed by atoms with Gasteiger partial charge in [-0.3, -0.25) is 4.79 Å². The summed E-state index contributed by atoms with van der Waals surface area (Å²) in [6.45, 7) is 0. The van der Waals surface area contributed by atoms with Crippen molar-refractivity contribution in [2.45, 2.75) is 0 Å². The van der Waals surface area contributed by atoms with Crippen LogP contribution in [0.1, 0.15) is 15.9 Å². The first-order chi connectivity index (χ1) is 14.3. The molecule has 2 heteroatoms. The van der Waals surface area contributed by atoms with Gasteiger partial charge in [-0.25, -0.2) is 0 Å². The third-order valence-electron chi connectivity index (χ3n) is 5.37. The van der Waals surface area contributed by atoms with Crippen molar-refractivity contribution in [2.24, 2.45) is 0 Å². The summed E-state index contributed by atoms with van der Waals surface area (Å²) < 4.78 is 0. The number of carbonyl (C=O) groups excluding carboxylic acids is 1. The molecule has 0 radical (unpaired) electrons. The molecule has 1 N–H and O–H groups in total. The summed E-state index contributed by atoms with van der Waals surface area (Å²) in [7, 11) is 0. The first kappa shape index (κ1) is 17.2. The summed E-state index contributed by atoms with van der Waals surface area (Å²) in [6, 6.07) is 33.0. The van der Waals surface area contributed by atoms with Crippen molar-refractivity contribution >= 4 is 27.3 Å². The van der Waals surface area contributed by atoms with Crippen LogP contribution in [0.2, 0.25) is 0 Å². The van der Waals surface area contributed by atoms with E-state index in [4.69, 9.17) is 0 Å². The van der Waals surface area contributed by atoms with Crippen molar-refractivity contribution in [1.82, 2.24) is 0 Å². The maximum absolute atomic E-state index is 13.6. The fraction of sp³-hybridized carbons (Fsp3) is 0. The Morgan fingerprint density at radius 2 is 1.03 bits per heavy atom. The van der Waals surface area contributed by atoms with Crippen LogP contribution in [-0.2, 0) is 0 Å². The Morgan fingerprint density at radius 1 is 0.552 bits per heavy atom. The van der Waals surface area contributed by atoms with E-state index in [1.165, 1.54) is 0 Å². The van der Waals surface area contributed by atoms with E-state index in [0.29, 0.717) is 11.1 Å². The average Bonchev–Trinajstić information content (AvgIpc) is 2.78. The van der Waals surface area contributed by atoms with Gasteiger partial charge in [-0.2, -0.15) is 0 Å². The summed E-state index contributed by atoms with van der Waals surface area (Å²) in [5.74, 6) is -0.173. The van der Waals surface area contributed by atoms with E-state index < -0.39 is 0 Å². The van der Waals surface area contributed by atoms with Crippen LogP contribution in [0.4, 0.5) is 0 Å². The second kappa shape index (κ2) is 6.92. The topological polar surface area (TPSA) is 37.3 Å². The third kappa shape index (κ3) is 2.77. The lowest BCUT2D eigenvalue weighted by Crippen LogP contribution is -2.05. The molecule has 0 saturated carbocycles. The Hall–Kier alpha value is -3.91. The van der Waals surface area contributed by atoms with Crippen LogP contribution in [0.15, 0.2) is 103 Å². The SMILES string of the molecule is O=C(c1ccccc1O)c1c2ccccc2c(-c2ccccc2)c2ccccc12. The molecule has 0 aromatic heterocycles. The maximum atomic E-state index is 13.6. The molecule has 0 atom stereocenters. The smallest absolute Gasteiger partial charge is 0.197 e. The van der Waals surface area contributed by atoms with Crippen molar-refractivity contribution < 1.29 is 9.90 Å². The van der Waals surface area contributed by atoms with Gasteiger partial charge in [0.05, 0.1) is 5.56 Å². The van der Waals surface area contributed by atoms with Gasteiger partial charge in [-0.1, -0.05) is 91.0 Å². The second-order valence-corrected chi connectivity index (χ2v) is 7.05. The second-order valence-electron chi connectivity index (χ2n) is 7.05. The minimum Gasteiger partial charge on any atom is -0.507 e. The molecule has 138 valence electrons. The molecule has 0 amide bonds. The monoisotopic (exact) mass is 374 g/mol. The van der Waals surface area contributed by atoms with Crippen LogP contribution in [0, 0.1) is 0 Å². The molecule has 2 nitrogen and oxygen atoms in total. The molecule has 0 bridgehead atoms. The molecule has 0 aliphatic rings. The number of fused-ring (bicyclic) bond motifs is 2. The van der Waals surface area contributed by atoms with Crippen molar-refractivity contribution in [3.63, 3.8) is 0 Å². The lowest BCUT2D eigenvalue weighted by atomic mass is 9.86. The van der Waals surface area contributed by atoms with E-state index in [1.54, 1.807) is 24.3 Å². The van der Waals surface area contributed by atoms with Crippen molar-refractivity contribution in [2.75, 3.05) is 0 Å². The lowest BCUT2D eigenvalue weighted by molar-refractivity contribution is 0.103. The third-order valence-corrected chi connectivity index (χ3v) is 5.37. The van der Waals surface area contributed by atoms with E-state index in [2.05, 4.69) is 24.3 Å². The Bertz CT molecular complexity index is 1310. The molecule has 0 aliphatic heterocycles.